The number of aliphatic hydroxyl groups excluding tert-OH is 1. The lowest BCUT2D eigenvalue weighted by molar-refractivity contribution is 0.171. The molecule has 35 heavy (non-hydrogen) atoms. The number of phenols is 1. The Hall–Kier alpha value is -4.28. The number of hydrogen-bond donors (Lipinski definition) is 3. The molecular formula is C22H21N7O5S. The van der Waals surface area contributed by atoms with E-state index in [2.05, 4.69) is 41.3 Å². The van der Waals surface area contributed by atoms with E-state index in [1.807, 2.05) is 0 Å². The molecule has 0 saturated heterocycles. The Kier molecular flexibility index (Phi) is 6.50. The van der Waals surface area contributed by atoms with Crippen molar-refractivity contribution in [1.82, 2.24) is 24.7 Å². The molecule has 0 aliphatic carbocycles. The number of allylic oxidation sites excluding steroid dienone is 1. The van der Waals surface area contributed by atoms with Gasteiger partial charge in [-0.05, 0) is 31.7 Å². The Balaban J connectivity index is 1.80. The highest BCUT2D eigenvalue weighted by Crippen LogP contribution is 2.36. The average molecular weight is 496 g/mol. The maximum atomic E-state index is 13.2. The maximum Gasteiger partial charge on any atom is 0.243 e. The molecule has 0 saturated carbocycles. The fourth-order valence-electron chi connectivity index (χ4n) is 3.23. The summed E-state index contributed by atoms with van der Waals surface area (Å²) in [7, 11) is -2.85. The molecule has 1 aliphatic heterocycles. The van der Waals surface area contributed by atoms with Crippen molar-refractivity contribution in [2.45, 2.75) is 25.2 Å². The van der Waals surface area contributed by atoms with Gasteiger partial charge in [0.25, 0.3) is 0 Å². The Morgan fingerprint density at radius 3 is 2.66 bits per heavy atom. The van der Waals surface area contributed by atoms with Crippen molar-refractivity contribution in [3.8, 4) is 17.2 Å². The number of rotatable bonds is 8. The zero-order valence-electron chi connectivity index (χ0n) is 18.9. The van der Waals surface area contributed by atoms with Gasteiger partial charge in [-0.2, -0.15) is 0 Å². The first kappa shape index (κ1) is 23.9. The van der Waals surface area contributed by atoms with Crippen molar-refractivity contribution in [3.05, 3.63) is 65.5 Å². The van der Waals surface area contributed by atoms with Gasteiger partial charge in [-0.15, -0.1) is 10.2 Å². The fourth-order valence-corrected chi connectivity index (χ4v) is 4.28. The largest absolute Gasteiger partial charge is 0.506 e. The molecule has 3 N–H and O–H groups in total. The van der Waals surface area contributed by atoms with E-state index < -0.39 is 21.4 Å². The number of aliphatic imine (C=N–C) groups is 1. The summed E-state index contributed by atoms with van der Waals surface area (Å²) < 4.78 is 35.5. The van der Waals surface area contributed by atoms with Gasteiger partial charge < -0.3 is 14.9 Å². The Morgan fingerprint density at radius 2 is 2.00 bits per heavy atom. The van der Waals surface area contributed by atoms with E-state index in [4.69, 9.17) is 4.74 Å². The molecule has 0 radical (unpaired) electrons. The first-order valence-electron chi connectivity index (χ1n) is 10.3. The predicted octanol–water partition coefficient (Wildman–Crippen LogP) is 1.68. The summed E-state index contributed by atoms with van der Waals surface area (Å²) in [4.78, 5) is 12.1. The normalized spacial score (nSPS) is 14.5. The van der Waals surface area contributed by atoms with Crippen LogP contribution in [0.2, 0.25) is 0 Å². The van der Waals surface area contributed by atoms with Gasteiger partial charge in [-0.3, -0.25) is 24.2 Å². The topological polar surface area (TPSA) is 165 Å². The van der Waals surface area contributed by atoms with Gasteiger partial charge in [0.1, 0.15) is 28.5 Å². The predicted molar refractivity (Wildman–Crippen MR) is 127 cm³/mol. The number of benzene rings is 1. The molecule has 0 spiro atoms. The average Bonchev–Trinajstić information content (AvgIpc) is 3.26. The molecule has 0 fully saturated rings. The summed E-state index contributed by atoms with van der Waals surface area (Å²) in [6.07, 6.45) is 4.10. The lowest BCUT2D eigenvalue weighted by Crippen LogP contribution is -2.32. The minimum absolute atomic E-state index is 0.0857. The van der Waals surface area contributed by atoms with Crippen molar-refractivity contribution in [2.75, 3.05) is 11.8 Å². The van der Waals surface area contributed by atoms with Crippen LogP contribution in [0.15, 0.2) is 53.2 Å². The molecule has 2 atom stereocenters. The van der Waals surface area contributed by atoms with Crippen molar-refractivity contribution < 1.29 is 23.4 Å². The van der Waals surface area contributed by atoms with Gasteiger partial charge >= 0.3 is 0 Å². The highest BCUT2D eigenvalue weighted by Gasteiger charge is 2.33. The number of phenolic OH excluding ortho intramolecular Hbond substituents is 1. The summed E-state index contributed by atoms with van der Waals surface area (Å²) >= 11 is 0. The molecule has 1 aliphatic rings. The molecule has 2 aromatic heterocycles. The minimum atomic E-state index is -4.25. The van der Waals surface area contributed by atoms with E-state index >= 15 is 0 Å². The van der Waals surface area contributed by atoms with Crippen molar-refractivity contribution in [3.63, 3.8) is 0 Å². The molecule has 3 heterocycles. The number of anilines is 1. The monoisotopic (exact) mass is 495 g/mol. The van der Waals surface area contributed by atoms with E-state index in [-0.39, 0.29) is 34.7 Å². The van der Waals surface area contributed by atoms with E-state index in [0.717, 1.165) is 0 Å². The van der Waals surface area contributed by atoms with Crippen LogP contribution in [0.25, 0.3) is 11.3 Å². The van der Waals surface area contributed by atoms with Gasteiger partial charge in [0.05, 0.1) is 36.5 Å². The summed E-state index contributed by atoms with van der Waals surface area (Å²) in [6, 6.07) is 4.55. The molecule has 3 aromatic rings. The van der Waals surface area contributed by atoms with Crippen molar-refractivity contribution in [1.29, 1.82) is 0 Å². The van der Waals surface area contributed by atoms with Gasteiger partial charge in [0.2, 0.25) is 16.0 Å². The first-order chi connectivity index (χ1) is 16.7. The van der Waals surface area contributed by atoms with Crippen LogP contribution < -0.4 is 9.46 Å². The SMILES string of the molecule is COc1cccc(O)c1-n1c(NS(=O)(=O)[C@@H](C)[C@H](O)c2cnc(C)cn2)nnc1C1=C=C=CN=C1. The standard InChI is InChI=1S/C22H21N7O5S/c1-13-10-25-16(12-24-13)20(31)14(2)35(32,33)28-22-27-26-21(15-6-5-9-23-11-15)29(22)19-17(30)7-4-8-18(19)34-3/h4,7-12,14,20,30-31H,1-3H3,(H,27,28)/t14-,20-/m0/s1. The fraction of sp³-hybridized carbons (Fsp3) is 0.227. The first-order valence-corrected chi connectivity index (χ1v) is 11.8. The molecule has 0 amide bonds. The van der Waals surface area contributed by atoms with E-state index in [1.165, 1.54) is 49.5 Å². The number of sulfonamides is 1. The van der Waals surface area contributed by atoms with Crippen LogP contribution in [0.4, 0.5) is 5.95 Å². The van der Waals surface area contributed by atoms with Crippen LogP contribution in [-0.4, -0.2) is 61.9 Å². The van der Waals surface area contributed by atoms with Gasteiger partial charge in [-0.1, -0.05) is 11.8 Å². The second-order valence-electron chi connectivity index (χ2n) is 7.48. The zero-order valence-corrected chi connectivity index (χ0v) is 19.7. The van der Waals surface area contributed by atoms with E-state index in [0.29, 0.717) is 11.3 Å². The maximum absolute atomic E-state index is 13.2. The minimum Gasteiger partial charge on any atom is -0.506 e. The molecule has 12 nitrogen and oxygen atoms in total. The quantitative estimate of drug-likeness (QED) is 0.394. The zero-order chi connectivity index (χ0) is 25.2. The number of para-hydroxylation sites is 1. The molecule has 0 unspecified atom stereocenters. The summed E-state index contributed by atoms with van der Waals surface area (Å²) in [5, 5.41) is 28.0. The highest BCUT2D eigenvalue weighted by molar-refractivity contribution is 7.93. The number of hydrogen-bond acceptors (Lipinski definition) is 10. The Bertz CT molecular complexity index is 1500. The third-order valence-electron chi connectivity index (χ3n) is 5.15. The Labute approximate surface area is 200 Å². The number of aromatic nitrogens is 5. The van der Waals surface area contributed by atoms with Crippen LogP contribution in [0.1, 0.15) is 30.2 Å². The second kappa shape index (κ2) is 9.53. The molecule has 180 valence electrons. The number of ether oxygens (including phenoxy) is 1. The summed E-state index contributed by atoms with van der Waals surface area (Å²) in [6.45, 7) is 3.04. The molecule has 1 aromatic carbocycles. The van der Waals surface area contributed by atoms with Crippen LogP contribution in [-0.2, 0) is 10.0 Å². The van der Waals surface area contributed by atoms with E-state index in [1.54, 1.807) is 19.1 Å². The van der Waals surface area contributed by atoms with Gasteiger partial charge in [0.15, 0.2) is 5.82 Å². The smallest absolute Gasteiger partial charge is 0.243 e. The van der Waals surface area contributed by atoms with Crippen molar-refractivity contribution >= 4 is 27.8 Å². The van der Waals surface area contributed by atoms with Crippen LogP contribution in [0, 0.1) is 6.92 Å². The summed E-state index contributed by atoms with van der Waals surface area (Å²) in [5.41, 5.74) is 6.66. The molecular weight excluding hydrogens is 474 g/mol. The van der Waals surface area contributed by atoms with E-state index in [9.17, 15) is 18.6 Å². The lowest BCUT2D eigenvalue weighted by atomic mass is 10.2. The van der Waals surface area contributed by atoms with Gasteiger partial charge in [0, 0.05) is 12.4 Å². The number of methoxy groups -OCH3 is 1. The number of aryl methyl sites for hydroxylation is 1. The molecule has 13 heteroatoms. The number of nitrogens with one attached hydrogen (secondary N) is 1. The summed E-state index contributed by atoms with van der Waals surface area (Å²) in [5.74, 6) is -0.139. The number of nitrogens with zero attached hydrogens (tertiary/aromatic N) is 6. The number of aliphatic hydroxyl groups is 1. The van der Waals surface area contributed by atoms with Gasteiger partial charge in [-0.25, -0.2) is 8.42 Å². The van der Waals surface area contributed by atoms with Crippen LogP contribution >= 0.6 is 0 Å². The third kappa shape index (κ3) is 4.70. The molecule has 0 bridgehead atoms. The highest BCUT2D eigenvalue weighted by atomic mass is 32.2. The second-order valence-corrected chi connectivity index (χ2v) is 9.52. The third-order valence-corrected chi connectivity index (χ3v) is 6.85. The molecule has 4 rings (SSSR count). The lowest BCUT2D eigenvalue weighted by Gasteiger charge is -2.20. The Morgan fingerprint density at radius 1 is 1.20 bits per heavy atom. The number of aromatic hydroxyl groups is 1. The van der Waals surface area contributed by atoms with Crippen molar-refractivity contribution in [2.24, 2.45) is 4.99 Å². The van der Waals surface area contributed by atoms with Crippen LogP contribution in [0.3, 0.4) is 0 Å². The van der Waals surface area contributed by atoms with Crippen LogP contribution in [0.5, 0.6) is 11.5 Å².